The normalized spacial score (nSPS) is 14.7. The summed E-state index contributed by atoms with van der Waals surface area (Å²) in [5.74, 6) is -0.329. The lowest BCUT2D eigenvalue weighted by molar-refractivity contribution is 0.0689. The Morgan fingerprint density at radius 1 is 1.21 bits per heavy atom. The van der Waals surface area contributed by atoms with Gasteiger partial charge in [0.2, 0.25) is 0 Å². The van der Waals surface area contributed by atoms with Crippen molar-refractivity contribution in [2.75, 3.05) is 13.1 Å². The van der Waals surface area contributed by atoms with Gasteiger partial charge in [-0.25, -0.2) is 4.68 Å². The number of carbonyl (C=O) groups is 2. The van der Waals surface area contributed by atoms with Gasteiger partial charge in [0, 0.05) is 44.1 Å². The van der Waals surface area contributed by atoms with E-state index in [2.05, 4.69) is 15.4 Å². The molecule has 0 spiro atoms. The zero-order chi connectivity index (χ0) is 19.9. The molecule has 28 heavy (non-hydrogen) atoms. The molecular formula is C20H25N5O3. The Morgan fingerprint density at radius 2 is 2.00 bits per heavy atom. The second kappa shape index (κ2) is 9.25. The predicted molar refractivity (Wildman–Crippen MR) is 104 cm³/mol. The lowest BCUT2D eigenvalue weighted by Crippen LogP contribution is -2.47. The first-order valence-corrected chi connectivity index (χ1v) is 9.67. The summed E-state index contributed by atoms with van der Waals surface area (Å²) in [6, 6.07) is 6.35. The summed E-state index contributed by atoms with van der Waals surface area (Å²) in [5.41, 5.74) is 0.620. The first-order valence-electron chi connectivity index (χ1n) is 9.67. The van der Waals surface area contributed by atoms with Crippen LogP contribution in [0.3, 0.4) is 0 Å². The Balaban J connectivity index is 1.56. The van der Waals surface area contributed by atoms with Crippen molar-refractivity contribution < 1.29 is 9.59 Å². The van der Waals surface area contributed by atoms with Gasteiger partial charge in [0.25, 0.3) is 17.4 Å². The standard InChI is InChI=1S/C20H25N5O3/c1-2-3-11-25-18(26)7-6-17(23-25)20(28)24-12-8-16(9-13-24)22-19(27)15-5-4-10-21-14-15/h4-7,10,14,16H,2-3,8-9,11-13H2,1H3,(H,22,27). The van der Waals surface area contributed by atoms with Crippen molar-refractivity contribution in [3.05, 3.63) is 58.3 Å². The Bertz CT molecular complexity index is 873. The van der Waals surface area contributed by atoms with Crippen LogP contribution in [-0.2, 0) is 6.54 Å². The van der Waals surface area contributed by atoms with Crippen LogP contribution < -0.4 is 10.9 Å². The number of unbranched alkanes of at least 4 members (excludes halogenated alkanes) is 1. The number of pyridine rings is 1. The molecule has 2 amide bonds. The van der Waals surface area contributed by atoms with Crippen molar-refractivity contribution in [3.8, 4) is 0 Å². The van der Waals surface area contributed by atoms with E-state index in [1.807, 2.05) is 6.92 Å². The molecule has 8 nitrogen and oxygen atoms in total. The minimum Gasteiger partial charge on any atom is -0.349 e. The van der Waals surface area contributed by atoms with Gasteiger partial charge in [-0.1, -0.05) is 13.3 Å². The summed E-state index contributed by atoms with van der Waals surface area (Å²) in [6.45, 7) is 3.62. The van der Waals surface area contributed by atoms with Crippen LogP contribution in [0.2, 0.25) is 0 Å². The van der Waals surface area contributed by atoms with Crippen molar-refractivity contribution in [2.24, 2.45) is 0 Å². The molecule has 0 aromatic carbocycles. The lowest BCUT2D eigenvalue weighted by atomic mass is 10.0. The number of aromatic nitrogens is 3. The number of carbonyl (C=O) groups excluding carboxylic acids is 2. The summed E-state index contributed by atoms with van der Waals surface area (Å²) in [7, 11) is 0. The minimum absolute atomic E-state index is 0.0169. The van der Waals surface area contributed by atoms with Crippen molar-refractivity contribution in [2.45, 2.75) is 45.2 Å². The average molecular weight is 383 g/mol. The zero-order valence-corrected chi connectivity index (χ0v) is 16.0. The highest BCUT2D eigenvalue weighted by molar-refractivity contribution is 5.94. The fourth-order valence-corrected chi connectivity index (χ4v) is 3.19. The molecule has 2 aromatic heterocycles. The highest BCUT2D eigenvalue weighted by Crippen LogP contribution is 2.13. The van der Waals surface area contributed by atoms with Gasteiger partial charge in [-0.15, -0.1) is 0 Å². The number of hydrogen-bond acceptors (Lipinski definition) is 5. The van der Waals surface area contributed by atoms with Crippen LogP contribution in [0, 0.1) is 0 Å². The second-order valence-corrected chi connectivity index (χ2v) is 6.92. The van der Waals surface area contributed by atoms with Gasteiger partial charge in [0.15, 0.2) is 0 Å². The molecule has 1 aliphatic heterocycles. The largest absolute Gasteiger partial charge is 0.349 e. The van der Waals surface area contributed by atoms with E-state index in [9.17, 15) is 14.4 Å². The molecule has 0 unspecified atom stereocenters. The van der Waals surface area contributed by atoms with Gasteiger partial charge in [-0.3, -0.25) is 19.4 Å². The maximum atomic E-state index is 12.7. The van der Waals surface area contributed by atoms with E-state index in [0.717, 1.165) is 12.8 Å². The second-order valence-electron chi connectivity index (χ2n) is 6.92. The Kier molecular flexibility index (Phi) is 6.52. The number of rotatable bonds is 6. The zero-order valence-electron chi connectivity index (χ0n) is 16.0. The average Bonchev–Trinajstić information content (AvgIpc) is 2.74. The van der Waals surface area contributed by atoms with Crippen LogP contribution in [0.15, 0.2) is 41.5 Å². The quantitative estimate of drug-likeness (QED) is 0.815. The van der Waals surface area contributed by atoms with Crippen LogP contribution >= 0.6 is 0 Å². The van der Waals surface area contributed by atoms with Crippen LogP contribution in [0.4, 0.5) is 0 Å². The van der Waals surface area contributed by atoms with Crippen LogP contribution in [0.1, 0.15) is 53.5 Å². The van der Waals surface area contributed by atoms with E-state index in [4.69, 9.17) is 0 Å². The molecule has 0 bridgehead atoms. The van der Waals surface area contributed by atoms with Crippen molar-refractivity contribution >= 4 is 11.8 Å². The van der Waals surface area contributed by atoms with Crippen LogP contribution in [0.5, 0.6) is 0 Å². The smallest absolute Gasteiger partial charge is 0.274 e. The number of piperidine rings is 1. The summed E-state index contributed by atoms with van der Waals surface area (Å²) in [4.78, 5) is 42.5. The molecular weight excluding hydrogens is 358 g/mol. The Hall–Kier alpha value is -3.03. The molecule has 1 saturated heterocycles. The molecule has 0 saturated carbocycles. The van der Waals surface area contributed by atoms with Gasteiger partial charge in [-0.05, 0) is 37.5 Å². The fourth-order valence-electron chi connectivity index (χ4n) is 3.19. The van der Waals surface area contributed by atoms with Gasteiger partial charge in [0.1, 0.15) is 5.69 Å². The Morgan fingerprint density at radius 3 is 2.68 bits per heavy atom. The molecule has 3 heterocycles. The van der Waals surface area contributed by atoms with E-state index in [1.54, 1.807) is 23.2 Å². The molecule has 1 aliphatic rings. The fraction of sp³-hybridized carbons (Fsp3) is 0.450. The topological polar surface area (TPSA) is 97.2 Å². The molecule has 148 valence electrons. The summed E-state index contributed by atoms with van der Waals surface area (Å²) in [5, 5.41) is 7.22. The number of amides is 2. The third kappa shape index (κ3) is 4.82. The molecule has 1 fully saturated rings. The van der Waals surface area contributed by atoms with Gasteiger partial charge in [0.05, 0.1) is 5.56 Å². The molecule has 1 N–H and O–H groups in total. The third-order valence-electron chi connectivity index (χ3n) is 4.85. The Labute approximate surface area is 163 Å². The molecule has 0 atom stereocenters. The van der Waals surface area contributed by atoms with Gasteiger partial charge in [-0.2, -0.15) is 5.10 Å². The number of likely N-dealkylation sites (tertiary alicyclic amines) is 1. The monoisotopic (exact) mass is 383 g/mol. The van der Waals surface area contributed by atoms with Crippen molar-refractivity contribution in [1.29, 1.82) is 0 Å². The van der Waals surface area contributed by atoms with Gasteiger partial charge < -0.3 is 10.2 Å². The first kappa shape index (κ1) is 19.7. The van der Waals surface area contributed by atoms with E-state index in [-0.39, 0.29) is 29.1 Å². The minimum atomic E-state index is -0.193. The third-order valence-corrected chi connectivity index (χ3v) is 4.85. The first-order chi connectivity index (χ1) is 13.6. The molecule has 2 aromatic rings. The van der Waals surface area contributed by atoms with Crippen LogP contribution in [-0.4, -0.2) is 50.6 Å². The molecule has 8 heteroatoms. The molecule has 3 rings (SSSR count). The summed E-state index contributed by atoms with van der Waals surface area (Å²) in [6.07, 6.45) is 6.30. The highest BCUT2D eigenvalue weighted by atomic mass is 16.2. The maximum Gasteiger partial charge on any atom is 0.274 e. The molecule has 0 radical (unpaired) electrons. The van der Waals surface area contributed by atoms with Crippen LogP contribution in [0.25, 0.3) is 0 Å². The number of hydrogen-bond donors (Lipinski definition) is 1. The van der Waals surface area contributed by atoms with Crippen molar-refractivity contribution in [1.82, 2.24) is 25.0 Å². The van der Waals surface area contributed by atoms with E-state index < -0.39 is 0 Å². The highest BCUT2D eigenvalue weighted by Gasteiger charge is 2.26. The summed E-state index contributed by atoms with van der Waals surface area (Å²) >= 11 is 0. The van der Waals surface area contributed by atoms with Crippen molar-refractivity contribution in [3.63, 3.8) is 0 Å². The SMILES string of the molecule is CCCCn1nc(C(=O)N2CCC(NC(=O)c3cccnc3)CC2)ccc1=O. The van der Waals surface area contributed by atoms with E-state index in [0.29, 0.717) is 38.0 Å². The number of aryl methyl sites for hydroxylation is 1. The predicted octanol–water partition coefficient (Wildman–Crippen LogP) is 1.47. The number of nitrogens with one attached hydrogen (secondary N) is 1. The van der Waals surface area contributed by atoms with E-state index in [1.165, 1.54) is 23.0 Å². The van der Waals surface area contributed by atoms with E-state index >= 15 is 0 Å². The van der Waals surface area contributed by atoms with Gasteiger partial charge >= 0.3 is 0 Å². The summed E-state index contributed by atoms with van der Waals surface area (Å²) < 4.78 is 1.36. The lowest BCUT2D eigenvalue weighted by Gasteiger charge is -2.32. The molecule has 0 aliphatic carbocycles. The number of nitrogens with zero attached hydrogens (tertiary/aromatic N) is 4. The maximum absolute atomic E-state index is 12.7.